The van der Waals surface area contributed by atoms with Crippen LogP contribution >= 0.6 is 0 Å². The van der Waals surface area contributed by atoms with E-state index in [4.69, 9.17) is 0 Å². The molecular weight excluding hydrogens is 286 g/mol. The van der Waals surface area contributed by atoms with Gasteiger partial charge in [0.1, 0.15) is 5.82 Å². The molecule has 126 valence electrons. The van der Waals surface area contributed by atoms with Gasteiger partial charge < -0.3 is 15.2 Å². The molecule has 0 aliphatic heterocycles. The van der Waals surface area contributed by atoms with E-state index in [-0.39, 0.29) is 0 Å². The maximum atomic E-state index is 4.67. The highest BCUT2D eigenvalue weighted by Crippen LogP contribution is 2.15. The zero-order valence-electron chi connectivity index (χ0n) is 14.8. The number of aromatic nitrogens is 2. The normalized spacial score (nSPS) is 13.3. The van der Waals surface area contributed by atoms with E-state index in [0.29, 0.717) is 6.04 Å². The van der Waals surface area contributed by atoms with Crippen molar-refractivity contribution in [1.82, 2.24) is 20.2 Å². The van der Waals surface area contributed by atoms with Crippen molar-refractivity contribution >= 4 is 17.0 Å². The molecular formula is C18H29N5. The molecule has 0 saturated heterocycles. The topological polar surface area (TPSA) is 54.2 Å². The largest absolute Gasteiger partial charge is 0.357 e. The molecule has 5 nitrogen and oxygen atoms in total. The van der Waals surface area contributed by atoms with Crippen LogP contribution in [0.25, 0.3) is 11.0 Å². The first-order chi connectivity index (χ1) is 11.2. The molecule has 2 N–H and O–H groups in total. The summed E-state index contributed by atoms with van der Waals surface area (Å²) in [6, 6.07) is 8.74. The van der Waals surface area contributed by atoms with Crippen LogP contribution in [-0.4, -0.2) is 34.6 Å². The number of aliphatic imine (C=N–C) groups is 1. The SMILES string of the molecule is CCNC(=NCCCn1c(C)nc2ccccc21)NC(C)CC. The lowest BCUT2D eigenvalue weighted by Gasteiger charge is -2.16. The van der Waals surface area contributed by atoms with Gasteiger partial charge in [-0.3, -0.25) is 4.99 Å². The molecule has 2 aromatic rings. The molecule has 0 saturated carbocycles. The molecule has 0 spiro atoms. The van der Waals surface area contributed by atoms with Gasteiger partial charge in [0.2, 0.25) is 0 Å². The van der Waals surface area contributed by atoms with Gasteiger partial charge in [0, 0.05) is 25.7 Å². The van der Waals surface area contributed by atoms with E-state index in [1.54, 1.807) is 0 Å². The van der Waals surface area contributed by atoms with Crippen molar-refractivity contribution in [2.45, 2.75) is 53.1 Å². The molecule has 0 fully saturated rings. The first-order valence-corrected chi connectivity index (χ1v) is 8.62. The van der Waals surface area contributed by atoms with E-state index < -0.39 is 0 Å². The summed E-state index contributed by atoms with van der Waals surface area (Å²) in [5.74, 6) is 1.98. The molecule has 0 bridgehead atoms. The Morgan fingerprint density at radius 3 is 2.83 bits per heavy atom. The molecule has 0 amide bonds. The van der Waals surface area contributed by atoms with Crippen LogP contribution in [0.3, 0.4) is 0 Å². The van der Waals surface area contributed by atoms with Crippen LogP contribution in [-0.2, 0) is 6.54 Å². The number of benzene rings is 1. The first kappa shape index (κ1) is 17.3. The Balaban J connectivity index is 1.94. The maximum absolute atomic E-state index is 4.67. The van der Waals surface area contributed by atoms with Crippen molar-refractivity contribution in [3.63, 3.8) is 0 Å². The smallest absolute Gasteiger partial charge is 0.191 e. The summed E-state index contributed by atoms with van der Waals surface area (Å²) in [7, 11) is 0. The fraction of sp³-hybridized carbons (Fsp3) is 0.556. The number of hydrogen-bond donors (Lipinski definition) is 2. The highest BCUT2D eigenvalue weighted by atomic mass is 15.2. The standard InChI is InChI=1S/C18H29N5/c1-5-14(3)21-18(19-6-2)20-12-9-13-23-15(4)22-16-10-7-8-11-17(16)23/h7-8,10-11,14H,5-6,9,12-13H2,1-4H3,(H2,19,20,21). The summed E-state index contributed by atoms with van der Waals surface area (Å²) in [4.78, 5) is 9.28. The predicted molar refractivity (Wildman–Crippen MR) is 98.0 cm³/mol. The average molecular weight is 315 g/mol. The number of rotatable bonds is 7. The van der Waals surface area contributed by atoms with Crippen molar-refractivity contribution in [2.75, 3.05) is 13.1 Å². The Kier molecular flexibility index (Phi) is 6.44. The second-order valence-corrected chi connectivity index (χ2v) is 5.87. The number of nitrogens with one attached hydrogen (secondary N) is 2. The number of nitrogens with zero attached hydrogens (tertiary/aromatic N) is 3. The minimum Gasteiger partial charge on any atom is -0.357 e. The molecule has 1 aromatic carbocycles. The number of aryl methyl sites for hydroxylation is 2. The third-order valence-electron chi connectivity index (χ3n) is 3.99. The van der Waals surface area contributed by atoms with E-state index in [2.05, 4.69) is 71.1 Å². The van der Waals surface area contributed by atoms with Gasteiger partial charge in [-0.25, -0.2) is 4.98 Å². The van der Waals surface area contributed by atoms with Crippen LogP contribution in [0.2, 0.25) is 0 Å². The lowest BCUT2D eigenvalue weighted by Crippen LogP contribution is -2.42. The van der Waals surface area contributed by atoms with E-state index in [9.17, 15) is 0 Å². The van der Waals surface area contributed by atoms with Gasteiger partial charge >= 0.3 is 0 Å². The van der Waals surface area contributed by atoms with Crippen LogP contribution in [0.1, 0.15) is 39.4 Å². The second-order valence-electron chi connectivity index (χ2n) is 5.87. The van der Waals surface area contributed by atoms with Gasteiger partial charge in [-0.05, 0) is 45.7 Å². The van der Waals surface area contributed by atoms with Crippen molar-refractivity contribution in [2.24, 2.45) is 4.99 Å². The number of para-hydroxylation sites is 2. The van der Waals surface area contributed by atoms with E-state index in [0.717, 1.165) is 49.8 Å². The molecule has 23 heavy (non-hydrogen) atoms. The molecule has 1 aromatic heterocycles. The summed E-state index contributed by atoms with van der Waals surface area (Å²) in [5, 5.41) is 6.72. The van der Waals surface area contributed by atoms with E-state index in [1.165, 1.54) is 5.52 Å². The van der Waals surface area contributed by atoms with E-state index in [1.807, 2.05) is 6.07 Å². The predicted octanol–water partition coefficient (Wildman–Crippen LogP) is 3.09. The Morgan fingerprint density at radius 1 is 1.30 bits per heavy atom. The van der Waals surface area contributed by atoms with Crippen molar-refractivity contribution in [3.8, 4) is 0 Å². The van der Waals surface area contributed by atoms with E-state index >= 15 is 0 Å². The van der Waals surface area contributed by atoms with Gasteiger partial charge in [-0.15, -0.1) is 0 Å². The van der Waals surface area contributed by atoms with Crippen molar-refractivity contribution in [1.29, 1.82) is 0 Å². The zero-order valence-corrected chi connectivity index (χ0v) is 14.8. The molecule has 0 aliphatic rings. The number of hydrogen-bond acceptors (Lipinski definition) is 2. The summed E-state index contributed by atoms with van der Waals surface area (Å²) < 4.78 is 2.28. The molecule has 2 rings (SSSR count). The Morgan fingerprint density at radius 2 is 2.09 bits per heavy atom. The molecule has 1 heterocycles. The highest BCUT2D eigenvalue weighted by molar-refractivity contribution is 5.80. The Labute approximate surface area is 139 Å². The maximum Gasteiger partial charge on any atom is 0.191 e. The minimum absolute atomic E-state index is 0.438. The Hall–Kier alpha value is -2.04. The van der Waals surface area contributed by atoms with Crippen LogP contribution in [0.4, 0.5) is 0 Å². The quantitative estimate of drug-likeness (QED) is 0.469. The third-order valence-corrected chi connectivity index (χ3v) is 3.99. The van der Waals surface area contributed by atoms with Crippen LogP contribution in [0, 0.1) is 6.92 Å². The molecule has 1 atom stereocenters. The summed E-state index contributed by atoms with van der Waals surface area (Å²) >= 11 is 0. The molecule has 0 aliphatic carbocycles. The highest BCUT2D eigenvalue weighted by Gasteiger charge is 2.06. The third kappa shape index (κ3) is 4.71. The van der Waals surface area contributed by atoms with Gasteiger partial charge in [-0.1, -0.05) is 19.1 Å². The molecule has 0 radical (unpaired) electrons. The van der Waals surface area contributed by atoms with Crippen molar-refractivity contribution in [3.05, 3.63) is 30.1 Å². The van der Waals surface area contributed by atoms with Crippen LogP contribution in [0.15, 0.2) is 29.3 Å². The zero-order chi connectivity index (χ0) is 16.7. The summed E-state index contributed by atoms with van der Waals surface area (Å²) in [5.41, 5.74) is 2.28. The van der Waals surface area contributed by atoms with Crippen LogP contribution in [0.5, 0.6) is 0 Å². The average Bonchev–Trinajstić information content (AvgIpc) is 2.87. The van der Waals surface area contributed by atoms with Crippen molar-refractivity contribution < 1.29 is 0 Å². The van der Waals surface area contributed by atoms with Gasteiger partial charge in [0.15, 0.2) is 5.96 Å². The minimum atomic E-state index is 0.438. The monoisotopic (exact) mass is 315 g/mol. The molecule has 5 heteroatoms. The molecule has 1 unspecified atom stereocenters. The van der Waals surface area contributed by atoms with Gasteiger partial charge in [-0.2, -0.15) is 0 Å². The fourth-order valence-corrected chi connectivity index (χ4v) is 2.55. The summed E-state index contributed by atoms with van der Waals surface area (Å²) in [6.07, 6.45) is 2.09. The summed E-state index contributed by atoms with van der Waals surface area (Å²) in [6.45, 7) is 11.1. The number of guanidine groups is 1. The Bertz CT molecular complexity index is 644. The number of imidazole rings is 1. The number of fused-ring (bicyclic) bond motifs is 1. The van der Waals surface area contributed by atoms with Gasteiger partial charge in [0.05, 0.1) is 11.0 Å². The lowest BCUT2D eigenvalue weighted by atomic mass is 10.3. The van der Waals surface area contributed by atoms with Gasteiger partial charge in [0.25, 0.3) is 0 Å². The first-order valence-electron chi connectivity index (χ1n) is 8.62. The lowest BCUT2D eigenvalue weighted by molar-refractivity contribution is 0.616. The fourth-order valence-electron chi connectivity index (χ4n) is 2.55. The second kappa shape index (κ2) is 8.56. The van der Waals surface area contributed by atoms with Crippen LogP contribution < -0.4 is 10.6 Å².